The summed E-state index contributed by atoms with van der Waals surface area (Å²) < 4.78 is 12.9. The number of ketones is 1. The van der Waals surface area contributed by atoms with Gasteiger partial charge in [-0.3, -0.25) is 4.79 Å². The average molecular weight is 184 g/mol. The van der Waals surface area contributed by atoms with E-state index in [0.717, 1.165) is 19.3 Å². The Kier molecular flexibility index (Phi) is 1.97. The van der Waals surface area contributed by atoms with E-state index in [-0.39, 0.29) is 17.5 Å². The summed E-state index contributed by atoms with van der Waals surface area (Å²) in [5.74, 6) is -0.233. The molecule has 0 amide bonds. The van der Waals surface area contributed by atoms with Crippen LogP contribution in [-0.4, -0.2) is 5.78 Å². The maximum absolute atomic E-state index is 12.9. The van der Waals surface area contributed by atoms with Crippen molar-refractivity contribution < 1.29 is 9.18 Å². The lowest BCUT2D eigenvalue weighted by molar-refractivity contribution is 0.0856. The van der Waals surface area contributed by atoms with Crippen molar-refractivity contribution in [3.8, 4) is 0 Å². The zero-order valence-corrected chi connectivity index (χ0v) is 7.36. The highest BCUT2D eigenvalue weighted by Crippen LogP contribution is 2.31. The molecule has 0 saturated heterocycles. The van der Waals surface area contributed by atoms with E-state index in [1.807, 2.05) is 0 Å². The smallest absolute Gasteiger partial charge is 0.178 e. The van der Waals surface area contributed by atoms with Crippen LogP contribution >= 0.6 is 11.3 Å². The molecular weight excluding hydrogens is 175 g/mol. The highest BCUT2D eigenvalue weighted by molar-refractivity contribution is 7.12. The Balaban J connectivity index is 2.19. The van der Waals surface area contributed by atoms with E-state index in [1.54, 1.807) is 5.38 Å². The number of hydrogen-bond acceptors (Lipinski definition) is 2. The summed E-state index contributed by atoms with van der Waals surface area (Å²) in [6.07, 6.45) is 3.00. The van der Waals surface area contributed by atoms with Crippen LogP contribution in [0.4, 0.5) is 4.39 Å². The molecule has 1 saturated carbocycles. The number of carbonyl (C=O) groups is 1. The fourth-order valence-corrected chi connectivity index (χ4v) is 2.11. The van der Waals surface area contributed by atoms with Gasteiger partial charge < -0.3 is 0 Å². The van der Waals surface area contributed by atoms with Gasteiger partial charge in [-0.15, -0.1) is 11.3 Å². The quantitative estimate of drug-likeness (QED) is 0.646. The van der Waals surface area contributed by atoms with Crippen LogP contribution in [0.5, 0.6) is 0 Å². The summed E-state index contributed by atoms with van der Waals surface area (Å²) in [6.45, 7) is 0. The SMILES string of the molecule is O=C(c1sccc1F)C1CCC1. The lowest BCUT2D eigenvalue weighted by atomic mass is 9.82. The van der Waals surface area contributed by atoms with Crippen LogP contribution in [0.1, 0.15) is 28.9 Å². The molecular formula is C9H9FOS. The molecule has 1 aliphatic rings. The average Bonchev–Trinajstić information content (AvgIpc) is 2.31. The lowest BCUT2D eigenvalue weighted by Gasteiger charge is -2.22. The molecule has 0 atom stereocenters. The molecule has 64 valence electrons. The van der Waals surface area contributed by atoms with Crippen LogP contribution in [0.2, 0.25) is 0 Å². The number of thiophene rings is 1. The second-order valence-corrected chi connectivity index (χ2v) is 4.01. The Morgan fingerprint density at radius 2 is 2.33 bits per heavy atom. The second kappa shape index (κ2) is 2.98. The molecule has 1 heterocycles. The Bertz CT molecular complexity index is 301. The van der Waals surface area contributed by atoms with Crippen molar-refractivity contribution in [1.82, 2.24) is 0 Å². The zero-order valence-electron chi connectivity index (χ0n) is 6.55. The van der Waals surface area contributed by atoms with Gasteiger partial charge in [-0.05, 0) is 24.3 Å². The summed E-state index contributed by atoms with van der Waals surface area (Å²) in [4.78, 5) is 11.8. The van der Waals surface area contributed by atoms with Gasteiger partial charge in [-0.2, -0.15) is 0 Å². The van der Waals surface area contributed by atoms with Gasteiger partial charge in [0.05, 0.1) is 0 Å². The summed E-state index contributed by atoms with van der Waals surface area (Å²) >= 11 is 1.21. The molecule has 0 aliphatic heterocycles. The van der Waals surface area contributed by atoms with Crippen molar-refractivity contribution in [1.29, 1.82) is 0 Å². The first-order chi connectivity index (χ1) is 5.79. The van der Waals surface area contributed by atoms with E-state index in [9.17, 15) is 9.18 Å². The first-order valence-corrected chi connectivity index (χ1v) is 4.94. The molecule has 2 rings (SSSR count). The fourth-order valence-electron chi connectivity index (χ4n) is 1.33. The highest BCUT2D eigenvalue weighted by Gasteiger charge is 2.28. The summed E-state index contributed by atoms with van der Waals surface area (Å²) in [6, 6.07) is 1.36. The molecule has 1 aliphatic carbocycles. The predicted octanol–water partition coefficient (Wildman–Crippen LogP) is 2.87. The minimum absolute atomic E-state index is 0.00810. The molecule has 1 aromatic heterocycles. The van der Waals surface area contributed by atoms with Gasteiger partial charge in [0, 0.05) is 5.92 Å². The molecule has 3 heteroatoms. The van der Waals surface area contributed by atoms with E-state index in [1.165, 1.54) is 17.4 Å². The first-order valence-electron chi connectivity index (χ1n) is 4.06. The molecule has 0 spiro atoms. The number of hydrogen-bond donors (Lipinski definition) is 0. The van der Waals surface area contributed by atoms with E-state index in [4.69, 9.17) is 0 Å². The second-order valence-electron chi connectivity index (χ2n) is 3.09. The standard InChI is InChI=1S/C9H9FOS/c10-7-4-5-12-9(7)8(11)6-2-1-3-6/h4-6H,1-3H2. The Morgan fingerprint density at radius 3 is 2.75 bits per heavy atom. The summed E-state index contributed by atoms with van der Waals surface area (Å²) in [5, 5.41) is 1.63. The number of carbonyl (C=O) groups excluding carboxylic acids is 1. The van der Waals surface area contributed by atoms with Crippen molar-refractivity contribution in [3.05, 3.63) is 22.1 Å². The molecule has 0 bridgehead atoms. The third-order valence-corrected chi connectivity index (χ3v) is 3.22. The van der Waals surface area contributed by atoms with Gasteiger partial charge in [-0.25, -0.2) is 4.39 Å². The molecule has 0 N–H and O–H groups in total. The van der Waals surface area contributed by atoms with E-state index >= 15 is 0 Å². The summed E-state index contributed by atoms with van der Waals surface area (Å²) in [5.41, 5.74) is 0. The molecule has 0 aromatic carbocycles. The highest BCUT2D eigenvalue weighted by atomic mass is 32.1. The molecule has 1 nitrogen and oxygen atoms in total. The lowest BCUT2D eigenvalue weighted by Crippen LogP contribution is -2.21. The zero-order chi connectivity index (χ0) is 8.55. The minimum Gasteiger partial charge on any atom is -0.293 e. The maximum Gasteiger partial charge on any atom is 0.178 e. The third kappa shape index (κ3) is 1.18. The van der Waals surface area contributed by atoms with Gasteiger partial charge in [0.15, 0.2) is 5.78 Å². The van der Waals surface area contributed by atoms with Crippen molar-refractivity contribution in [2.75, 3.05) is 0 Å². The minimum atomic E-state index is -0.350. The van der Waals surface area contributed by atoms with Crippen LogP contribution < -0.4 is 0 Å². The molecule has 0 unspecified atom stereocenters. The molecule has 1 aromatic rings. The number of halogens is 1. The van der Waals surface area contributed by atoms with Crippen molar-refractivity contribution in [2.24, 2.45) is 5.92 Å². The number of rotatable bonds is 2. The third-order valence-electron chi connectivity index (χ3n) is 2.32. The molecule has 0 radical (unpaired) electrons. The van der Waals surface area contributed by atoms with Gasteiger partial charge in [0.2, 0.25) is 0 Å². The van der Waals surface area contributed by atoms with Crippen LogP contribution in [0.25, 0.3) is 0 Å². The van der Waals surface area contributed by atoms with E-state index < -0.39 is 0 Å². The first kappa shape index (κ1) is 7.92. The van der Waals surface area contributed by atoms with Crippen LogP contribution in [0.3, 0.4) is 0 Å². The predicted molar refractivity (Wildman–Crippen MR) is 45.9 cm³/mol. The van der Waals surface area contributed by atoms with Crippen molar-refractivity contribution in [3.63, 3.8) is 0 Å². The van der Waals surface area contributed by atoms with Crippen LogP contribution in [0, 0.1) is 11.7 Å². The molecule has 12 heavy (non-hydrogen) atoms. The Labute approximate surface area is 74.2 Å². The fraction of sp³-hybridized carbons (Fsp3) is 0.444. The monoisotopic (exact) mass is 184 g/mol. The van der Waals surface area contributed by atoms with Gasteiger partial charge in [0.25, 0.3) is 0 Å². The summed E-state index contributed by atoms with van der Waals surface area (Å²) in [7, 11) is 0. The largest absolute Gasteiger partial charge is 0.293 e. The molecule has 1 fully saturated rings. The topological polar surface area (TPSA) is 17.1 Å². The Morgan fingerprint density at radius 1 is 1.58 bits per heavy atom. The number of Topliss-reactive ketones (excluding diaryl/α,β-unsaturated/α-hetero) is 1. The normalized spacial score (nSPS) is 17.4. The van der Waals surface area contributed by atoms with Crippen LogP contribution in [-0.2, 0) is 0 Å². The van der Waals surface area contributed by atoms with Crippen molar-refractivity contribution in [2.45, 2.75) is 19.3 Å². The van der Waals surface area contributed by atoms with E-state index in [0.29, 0.717) is 4.88 Å². The van der Waals surface area contributed by atoms with Gasteiger partial charge >= 0.3 is 0 Å². The van der Waals surface area contributed by atoms with Gasteiger partial charge in [0.1, 0.15) is 10.7 Å². The van der Waals surface area contributed by atoms with E-state index in [2.05, 4.69) is 0 Å². The van der Waals surface area contributed by atoms with Crippen molar-refractivity contribution >= 4 is 17.1 Å². The Hall–Kier alpha value is -0.700. The maximum atomic E-state index is 12.9. The van der Waals surface area contributed by atoms with Crippen LogP contribution in [0.15, 0.2) is 11.4 Å². The van der Waals surface area contributed by atoms with Gasteiger partial charge in [-0.1, -0.05) is 6.42 Å².